The number of nitrogens with zero attached hydrogens (tertiary/aromatic N) is 1. The third-order valence-corrected chi connectivity index (χ3v) is 4.34. The Morgan fingerprint density at radius 3 is 2.64 bits per heavy atom. The van der Waals surface area contributed by atoms with E-state index in [1.165, 1.54) is 16.7 Å². The highest BCUT2D eigenvalue weighted by Gasteiger charge is 2.15. The molecule has 0 bridgehead atoms. The van der Waals surface area contributed by atoms with Crippen molar-refractivity contribution in [1.29, 1.82) is 0 Å². The summed E-state index contributed by atoms with van der Waals surface area (Å²) in [6, 6.07) is 12.4. The Kier molecular flexibility index (Phi) is 6.28. The Morgan fingerprint density at radius 2 is 1.89 bits per heavy atom. The average molecular weight is 403 g/mol. The molecule has 0 saturated carbocycles. The van der Waals surface area contributed by atoms with Crippen molar-refractivity contribution in [2.45, 2.75) is 6.54 Å². The maximum atomic E-state index is 13.5. The molecule has 0 fully saturated rings. The lowest BCUT2D eigenvalue weighted by Gasteiger charge is -2.06. The quantitative estimate of drug-likeness (QED) is 0.586. The van der Waals surface area contributed by atoms with E-state index in [2.05, 4.69) is 15.6 Å². The van der Waals surface area contributed by atoms with E-state index in [4.69, 9.17) is 4.74 Å². The van der Waals surface area contributed by atoms with Gasteiger partial charge in [-0.3, -0.25) is 4.79 Å². The Balaban J connectivity index is 1.48. The highest BCUT2D eigenvalue weighted by Crippen LogP contribution is 2.18. The maximum absolute atomic E-state index is 13.5. The molecule has 9 heteroatoms. The predicted octanol–water partition coefficient (Wildman–Crippen LogP) is 3.83. The fourth-order valence-electron chi connectivity index (χ4n) is 2.20. The number of hydrogen-bond donors (Lipinski definition) is 2. The number of benzene rings is 2. The van der Waals surface area contributed by atoms with E-state index in [-0.39, 0.29) is 11.4 Å². The van der Waals surface area contributed by atoms with Crippen molar-refractivity contribution in [2.24, 2.45) is 0 Å². The van der Waals surface area contributed by atoms with Crippen molar-refractivity contribution in [3.05, 3.63) is 76.8 Å². The standard InChI is InChI=1S/C19H15F2N3O3S/c20-13-6-7-15(14(21)8-13)23-17(25)10-27-18(26)16-11-28-19(24-16)22-9-12-4-2-1-3-5-12/h1-8,11H,9-10H2,(H,22,24)(H,23,25). The number of carbonyl (C=O) groups is 2. The second kappa shape index (κ2) is 9.05. The van der Waals surface area contributed by atoms with E-state index < -0.39 is 30.1 Å². The van der Waals surface area contributed by atoms with Gasteiger partial charge in [-0.05, 0) is 17.7 Å². The number of amides is 1. The van der Waals surface area contributed by atoms with Gasteiger partial charge in [-0.2, -0.15) is 0 Å². The minimum atomic E-state index is -0.923. The van der Waals surface area contributed by atoms with Gasteiger partial charge in [-0.25, -0.2) is 18.6 Å². The SMILES string of the molecule is O=C(COC(=O)c1csc(NCc2ccccc2)n1)Nc1ccc(F)cc1F. The average Bonchev–Trinajstić information content (AvgIpc) is 3.17. The Morgan fingerprint density at radius 1 is 1.11 bits per heavy atom. The molecule has 3 rings (SSSR count). The predicted molar refractivity (Wildman–Crippen MR) is 101 cm³/mol. The summed E-state index contributed by atoms with van der Waals surface area (Å²) in [4.78, 5) is 27.9. The third kappa shape index (κ3) is 5.34. The fourth-order valence-corrected chi connectivity index (χ4v) is 2.88. The van der Waals surface area contributed by atoms with Gasteiger partial charge in [-0.1, -0.05) is 30.3 Å². The number of rotatable bonds is 7. The van der Waals surface area contributed by atoms with E-state index in [1.54, 1.807) is 0 Å². The summed E-state index contributed by atoms with van der Waals surface area (Å²) in [6.07, 6.45) is 0. The van der Waals surface area contributed by atoms with Gasteiger partial charge in [-0.15, -0.1) is 11.3 Å². The Labute approximate surface area is 163 Å². The molecule has 0 unspecified atom stereocenters. The second-order valence-corrected chi connectivity index (χ2v) is 6.48. The van der Waals surface area contributed by atoms with Crippen molar-refractivity contribution in [3.8, 4) is 0 Å². The lowest BCUT2D eigenvalue weighted by Crippen LogP contribution is -2.21. The number of carbonyl (C=O) groups excluding carboxylic acids is 2. The second-order valence-electron chi connectivity index (χ2n) is 5.63. The number of halogens is 2. The zero-order chi connectivity index (χ0) is 19.9. The largest absolute Gasteiger partial charge is 0.451 e. The molecule has 28 heavy (non-hydrogen) atoms. The molecule has 2 N–H and O–H groups in total. The molecule has 1 heterocycles. The first-order valence-corrected chi connectivity index (χ1v) is 9.04. The van der Waals surface area contributed by atoms with Crippen molar-refractivity contribution in [2.75, 3.05) is 17.2 Å². The van der Waals surface area contributed by atoms with E-state index in [9.17, 15) is 18.4 Å². The molecule has 1 aromatic heterocycles. The Hall–Kier alpha value is -3.33. The number of nitrogens with one attached hydrogen (secondary N) is 2. The highest BCUT2D eigenvalue weighted by atomic mass is 32.1. The number of ether oxygens (including phenoxy) is 1. The molecule has 0 aliphatic rings. The van der Waals surface area contributed by atoms with Gasteiger partial charge in [0.25, 0.3) is 5.91 Å². The molecule has 0 spiro atoms. The molecule has 0 atom stereocenters. The third-order valence-electron chi connectivity index (χ3n) is 3.54. The topological polar surface area (TPSA) is 80.3 Å². The minimum absolute atomic E-state index is 0.0568. The van der Waals surface area contributed by atoms with E-state index >= 15 is 0 Å². The number of anilines is 2. The summed E-state index contributed by atoms with van der Waals surface area (Å²) in [5.74, 6) is -3.22. The molecule has 0 radical (unpaired) electrons. The highest BCUT2D eigenvalue weighted by molar-refractivity contribution is 7.13. The van der Waals surface area contributed by atoms with Gasteiger partial charge in [0.15, 0.2) is 17.4 Å². The summed E-state index contributed by atoms with van der Waals surface area (Å²) in [6.45, 7) is -0.0750. The first-order valence-electron chi connectivity index (χ1n) is 8.16. The van der Waals surface area contributed by atoms with Crippen LogP contribution in [0, 0.1) is 11.6 Å². The number of esters is 1. The monoisotopic (exact) mass is 403 g/mol. The minimum Gasteiger partial charge on any atom is -0.451 e. The normalized spacial score (nSPS) is 10.4. The van der Waals surface area contributed by atoms with Crippen LogP contribution in [0.15, 0.2) is 53.9 Å². The van der Waals surface area contributed by atoms with Crippen LogP contribution in [-0.4, -0.2) is 23.5 Å². The zero-order valence-corrected chi connectivity index (χ0v) is 15.3. The molecule has 2 aromatic carbocycles. The molecule has 0 aliphatic carbocycles. The smallest absolute Gasteiger partial charge is 0.358 e. The van der Waals surface area contributed by atoms with Crippen LogP contribution in [0.2, 0.25) is 0 Å². The van der Waals surface area contributed by atoms with Crippen molar-refractivity contribution in [3.63, 3.8) is 0 Å². The molecular formula is C19H15F2N3O3S. The van der Waals surface area contributed by atoms with Gasteiger partial charge in [0.2, 0.25) is 0 Å². The first-order chi connectivity index (χ1) is 13.5. The van der Waals surface area contributed by atoms with Crippen LogP contribution in [0.25, 0.3) is 0 Å². The van der Waals surface area contributed by atoms with Crippen LogP contribution < -0.4 is 10.6 Å². The van der Waals surface area contributed by atoms with Crippen molar-refractivity contribution < 1.29 is 23.1 Å². The Bertz CT molecular complexity index is 980. The number of hydrogen-bond acceptors (Lipinski definition) is 6. The summed E-state index contributed by atoms with van der Waals surface area (Å²) in [5, 5.41) is 7.34. The molecule has 6 nitrogen and oxygen atoms in total. The number of thiazole rings is 1. The fraction of sp³-hybridized carbons (Fsp3) is 0.105. The molecule has 144 valence electrons. The molecule has 0 saturated heterocycles. The first kappa shape index (κ1) is 19.4. The summed E-state index contributed by atoms with van der Waals surface area (Å²) in [7, 11) is 0. The van der Waals surface area contributed by atoms with Gasteiger partial charge in [0.05, 0.1) is 5.69 Å². The molecular weight excluding hydrogens is 388 g/mol. The van der Waals surface area contributed by atoms with E-state index in [0.29, 0.717) is 17.7 Å². The van der Waals surface area contributed by atoms with Gasteiger partial charge >= 0.3 is 5.97 Å². The molecule has 3 aromatic rings. The van der Waals surface area contributed by atoms with Crippen LogP contribution in [0.5, 0.6) is 0 Å². The maximum Gasteiger partial charge on any atom is 0.358 e. The number of aromatic nitrogens is 1. The lowest BCUT2D eigenvalue weighted by atomic mass is 10.2. The van der Waals surface area contributed by atoms with Gasteiger partial charge < -0.3 is 15.4 Å². The van der Waals surface area contributed by atoms with Crippen molar-refractivity contribution in [1.82, 2.24) is 4.98 Å². The summed E-state index contributed by atoms with van der Waals surface area (Å²) in [5.41, 5.74) is 0.913. The van der Waals surface area contributed by atoms with Gasteiger partial charge in [0.1, 0.15) is 11.6 Å². The molecule has 1 amide bonds. The summed E-state index contributed by atoms with van der Waals surface area (Å²) >= 11 is 1.23. The van der Waals surface area contributed by atoms with Crippen LogP contribution in [-0.2, 0) is 16.1 Å². The van der Waals surface area contributed by atoms with Crippen LogP contribution in [0.4, 0.5) is 19.6 Å². The van der Waals surface area contributed by atoms with Gasteiger partial charge in [0, 0.05) is 18.0 Å². The molecule has 0 aliphatic heterocycles. The van der Waals surface area contributed by atoms with Crippen LogP contribution in [0.3, 0.4) is 0 Å². The van der Waals surface area contributed by atoms with E-state index in [0.717, 1.165) is 17.7 Å². The zero-order valence-electron chi connectivity index (χ0n) is 14.4. The van der Waals surface area contributed by atoms with Crippen LogP contribution >= 0.6 is 11.3 Å². The lowest BCUT2D eigenvalue weighted by molar-refractivity contribution is -0.119. The van der Waals surface area contributed by atoms with E-state index in [1.807, 2.05) is 30.3 Å². The summed E-state index contributed by atoms with van der Waals surface area (Å²) < 4.78 is 31.2. The van der Waals surface area contributed by atoms with Crippen molar-refractivity contribution >= 4 is 34.0 Å². The van der Waals surface area contributed by atoms with Crippen LogP contribution in [0.1, 0.15) is 16.1 Å².